The molecule has 0 aliphatic carbocycles. The van der Waals surface area contributed by atoms with Gasteiger partial charge in [-0.25, -0.2) is 4.79 Å². The summed E-state index contributed by atoms with van der Waals surface area (Å²) in [5.74, 6) is -0.285. The number of nitrogens with one attached hydrogen (secondary N) is 1. The van der Waals surface area contributed by atoms with Gasteiger partial charge in [-0.2, -0.15) is 0 Å². The molecule has 0 atom stereocenters. The van der Waals surface area contributed by atoms with Crippen LogP contribution in [0, 0.1) is 0 Å². The van der Waals surface area contributed by atoms with Crippen molar-refractivity contribution in [2.45, 2.75) is 6.54 Å². The molecule has 0 saturated heterocycles. The van der Waals surface area contributed by atoms with Crippen LogP contribution >= 0.6 is 0 Å². The Morgan fingerprint density at radius 2 is 2.29 bits per heavy atom. The van der Waals surface area contributed by atoms with Gasteiger partial charge < -0.3 is 15.0 Å². The number of amides is 1. The number of hydrogen-bond donors (Lipinski definition) is 2. The van der Waals surface area contributed by atoms with Crippen molar-refractivity contribution in [1.29, 1.82) is 0 Å². The second-order valence-electron chi connectivity index (χ2n) is 2.89. The molecule has 1 aromatic rings. The summed E-state index contributed by atoms with van der Waals surface area (Å²) in [7, 11) is 1.62. The first-order valence-corrected chi connectivity index (χ1v) is 4.24. The molecule has 1 rings (SSSR count). The lowest BCUT2D eigenvalue weighted by molar-refractivity contribution is -0.121. The predicted octanol–water partition coefficient (Wildman–Crippen LogP) is -1.70. The topological polar surface area (TPSA) is 76.3 Å². The SMILES string of the molecule is Cn1ccn(CC(=O)NCCO)c1=O. The van der Waals surface area contributed by atoms with Gasteiger partial charge in [-0.05, 0) is 0 Å². The number of nitrogens with zero attached hydrogens (tertiary/aromatic N) is 2. The first kappa shape index (κ1) is 10.5. The van der Waals surface area contributed by atoms with Gasteiger partial charge in [-0.1, -0.05) is 0 Å². The van der Waals surface area contributed by atoms with Crippen LogP contribution in [-0.2, 0) is 18.4 Å². The van der Waals surface area contributed by atoms with E-state index >= 15 is 0 Å². The van der Waals surface area contributed by atoms with Gasteiger partial charge >= 0.3 is 5.69 Å². The number of imidazole rings is 1. The summed E-state index contributed by atoms with van der Waals surface area (Å²) in [5.41, 5.74) is -0.232. The van der Waals surface area contributed by atoms with Gasteiger partial charge in [0.25, 0.3) is 0 Å². The molecule has 0 radical (unpaired) electrons. The molecule has 1 aromatic heterocycles. The van der Waals surface area contributed by atoms with E-state index < -0.39 is 0 Å². The number of aliphatic hydroxyl groups excluding tert-OH is 1. The highest BCUT2D eigenvalue weighted by atomic mass is 16.3. The first-order chi connectivity index (χ1) is 6.65. The van der Waals surface area contributed by atoms with Crippen molar-refractivity contribution in [3.63, 3.8) is 0 Å². The summed E-state index contributed by atoms with van der Waals surface area (Å²) in [6.45, 7) is 0.0928. The second-order valence-corrected chi connectivity index (χ2v) is 2.89. The van der Waals surface area contributed by atoms with Gasteiger partial charge in [0.1, 0.15) is 6.54 Å². The normalized spacial score (nSPS) is 10.1. The average molecular weight is 199 g/mol. The molecule has 0 spiro atoms. The fourth-order valence-corrected chi connectivity index (χ4v) is 1.04. The number of carbonyl (C=O) groups is 1. The Morgan fingerprint density at radius 1 is 1.57 bits per heavy atom. The third kappa shape index (κ3) is 2.46. The maximum atomic E-state index is 11.3. The van der Waals surface area contributed by atoms with Crippen LogP contribution < -0.4 is 11.0 Å². The van der Waals surface area contributed by atoms with E-state index in [-0.39, 0.29) is 31.3 Å². The number of aliphatic hydroxyl groups is 1. The Hall–Kier alpha value is -1.56. The van der Waals surface area contributed by atoms with Crippen molar-refractivity contribution in [3.05, 3.63) is 22.9 Å². The van der Waals surface area contributed by atoms with Crippen molar-refractivity contribution in [1.82, 2.24) is 14.5 Å². The van der Waals surface area contributed by atoms with E-state index in [1.807, 2.05) is 0 Å². The molecule has 1 heterocycles. The molecule has 0 saturated carbocycles. The van der Waals surface area contributed by atoms with Gasteiger partial charge in [-0.15, -0.1) is 0 Å². The van der Waals surface area contributed by atoms with Crippen LogP contribution in [0.3, 0.4) is 0 Å². The lowest BCUT2D eigenvalue weighted by atomic mass is 10.5. The Kier molecular flexibility index (Phi) is 3.47. The molecule has 6 nitrogen and oxygen atoms in total. The minimum atomic E-state index is -0.285. The number of hydrogen-bond acceptors (Lipinski definition) is 3. The molecule has 0 aliphatic heterocycles. The van der Waals surface area contributed by atoms with Crippen LogP contribution in [0.5, 0.6) is 0 Å². The number of rotatable bonds is 4. The average Bonchev–Trinajstić information content (AvgIpc) is 2.46. The number of carbonyl (C=O) groups excluding carboxylic acids is 1. The Bertz CT molecular complexity index is 366. The zero-order valence-corrected chi connectivity index (χ0v) is 7.93. The minimum Gasteiger partial charge on any atom is -0.395 e. The van der Waals surface area contributed by atoms with Crippen LogP contribution in [0.4, 0.5) is 0 Å². The van der Waals surface area contributed by atoms with Gasteiger partial charge in [-0.3, -0.25) is 9.36 Å². The van der Waals surface area contributed by atoms with Crippen LogP contribution in [0.15, 0.2) is 17.2 Å². The molecule has 78 valence electrons. The number of aromatic nitrogens is 2. The zero-order chi connectivity index (χ0) is 10.6. The van der Waals surface area contributed by atoms with Gasteiger partial charge in [0.15, 0.2) is 0 Å². The third-order valence-corrected chi connectivity index (χ3v) is 1.77. The summed E-state index contributed by atoms with van der Waals surface area (Å²) in [5, 5.41) is 10.9. The zero-order valence-electron chi connectivity index (χ0n) is 7.93. The Labute approximate surface area is 80.8 Å². The van der Waals surface area contributed by atoms with E-state index in [0.29, 0.717) is 0 Å². The second kappa shape index (κ2) is 4.61. The largest absolute Gasteiger partial charge is 0.395 e. The molecule has 2 N–H and O–H groups in total. The summed E-state index contributed by atoms with van der Waals surface area (Å²) in [6, 6.07) is 0. The van der Waals surface area contributed by atoms with Crippen LogP contribution in [0.25, 0.3) is 0 Å². The highest BCUT2D eigenvalue weighted by Gasteiger charge is 2.04. The van der Waals surface area contributed by atoms with Crippen molar-refractivity contribution in [2.24, 2.45) is 7.05 Å². The van der Waals surface area contributed by atoms with E-state index in [2.05, 4.69) is 5.32 Å². The third-order valence-electron chi connectivity index (χ3n) is 1.77. The molecule has 1 amide bonds. The maximum absolute atomic E-state index is 11.3. The van der Waals surface area contributed by atoms with Crippen LogP contribution in [-0.4, -0.2) is 33.3 Å². The van der Waals surface area contributed by atoms with Crippen molar-refractivity contribution >= 4 is 5.91 Å². The van der Waals surface area contributed by atoms with E-state index in [4.69, 9.17) is 5.11 Å². The van der Waals surface area contributed by atoms with Crippen LogP contribution in [0.1, 0.15) is 0 Å². The lowest BCUT2D eigenvalue weighted by Crippen LogP contribution is -2.33. The minimum absolute atomic E-state index is 0.0142. The van der Waals surface area contributed by atoms with Gasteiger partial charge in [0, 0.05) is 26.0 Å². The highest BCUT2D eigenvalue weighted by Crippen LogP contribution is 1.82. The number of aryl methyl sites for hydroxylation is 1. The smallest absolute Gasteiger partial charge is 0.328 e. The molecule has 0 unspecified atom stereocenters. The summed E-state index contributed by atoms with van der Waals surface area (Å²) in [6.07, 6.45) is 3.13. The molecule has 0 aromatic carbocycles. The van der Waals surface area contributed by atoms with Gasteiger partial charge in [0.2, 0.25) is 5.91 Å². The molecule has 0 fully saturated rings. The summed E-state index contributed by atoms with van der Waals surface area (Å²) in [4.78, 5) is 22.4. The van der Waals surface area contributed by atoms with Gasteiger partial charge in [0.05, 0.1) is 6.61 Å². The summed E-state index contributed by atoms with van der Waals surface area (Å²) < 4.78 is 2.69. The molecule has 0 aliphatic rings. The molecule has 14 heavy (non-hydrogen) atoms. The molecular weight excluding hydrogens is 186 g/mol. The van der Waals surface area contributed by atoms with Crippen molar-refractivity contribution in [2.75, 3.05) is 13.2 Å². The highest BCUT2D eigenvalue weighted by molar-refractivity contribution is 5.75. The van der Waals surface area contributed by atoms with Crippen molar-refractivity contribution in [3.8, 4) is 0 Å². The Morgan fingerprint density at radius 3 is 2.79 bits per heavy atom. The van der Waals surface area contributed by atoms with E-state index in [1.54, 1.807) is 19.4 Å². The molecular formula is C8H13N3O3. The first-order valence-electron chi connectivity index (χ1n) is 4.24. The summed E-state index contributed by atoms with van der Waals surface area (Å²) >= 11 is 0. The predicted molar refractivity (Wildman–Crippen MR) is 49.8 cm³/mol. The maximum Gasteiger partial charge on any atom is 0.328 e. The van der Waals surface area contributed by atoms with Crippen LogP contribution in [0.2, 0.25) is 0 Å². The monoisotopic (exact) mass is 199 g/mol. The van der Waals surface area contributed by atoms with E-state index in [0.717, 1.165) is 0 Å². The quantitative estimate of drug-likeness (QED) is 0.606. The molecule has 6 heteroatoms. The van der Waals surface area contributed by atoms with E-state index in [9.17, 15) is 9.59 Å². The Balaban J connectivity index is 2.56. The fraction of sp³-hybridized carbons (Fsp3) is 0.500. The van der Waals surface area contributed by atoms with Crippen molar-refractivity contribution < 1.29 is 9.90 Å². The van der Waals surface area contributed by atoms with E-state index in [1.165, 1.54) is 9.13 Å². The standard InChI is InChI=1S/C8H13N3O3/c1-10-3-4-11(8(10)14)6-7(13)9-2-5-12/h3-4,12H,2,5-6H2,1H3,(H,9,13). The lowest BCUT2D eigenvalue weighted by Gasteiger charge is -2.02. The fourth-order valence-electron chi connectivity index (χ4n) is 1.04. The molecule has 0 bridgehead atoms.